The molecule has 1 aliphatic carbocycles. The fourth-order valence-electron chi connectivity index (χ4n) is 4.03. The number of amides is 1. The van der Waals surface area contributed by atoms with Gasteiger partial charge in [0.15, 0.2) is 0 Å². The van der Waals surface area contributed by atoms with E-state index in [4.69, 9.17) is 0 Å². The van der Waals surface area contributed by atoms with Crippen LogP contribution in [0.5, 0.6) is 0 Å². The molecule has 1 aromatic carbocycles. The Bertz CT molecular complexity index is 945. The molecule has 4 nitrogen and oxygen atoms in total. The zero-order valence-electron chi connectivity index (χ0n) is 16.2. The largest absolute Gasteiger partial charge is 0.339 e. The Morgan fingerprint density at radius 2 is 1.96 bits per heavy atom. The van der Waals surface area contributed by atoms with Crippen molar-refractivity contribution in [1.82, 2.24) is 14.0 Å². The standard InChI is InChI=1S/C22H29N3O/c1-4-6-13-24(5-2)22(26)20-14-19-21(23(20)3)17-9-7-8-10-18(17)25(19)15-16-11-12-16/h7-10,14,16H,4-6,11-13,15H2,1-3H3. The van der Waals surface area contributed by atoms with Crippen molar-refractivity contribution in [3.8, 4) is 0 Å². The van der Waals surface area contributed by atoms with Crippen molar-refractivity contribution in [3.05, 3.63) is 36.0 Å². The van der Waals surface area contributed by atoms with E-state index in [0.29, 0.717) is 0 Å². The van der Waals surface area contributed by atoms with Gasteiger partial charge in [0.1, 0.15) is 5.69 Å². The monoisotopic (exact) mass is 351 g/mol. The third-order valence-electron chi connectivity index (χ3n) is 5.76. The lowest BCUT2D eigenvalue weighted by atomic mass is 10.2. The number of rotatable bonds is 7. The summed E-state index contributed by atoms with van der Waals surface area (Å²) in [6, 6.07) is 10.7. The number of unbranched alkanes of at least 4 members (excludes halogenated alkanes) is 1. The topological polar surface area (TPSA) is 30.2 Å². The van der Waals surface area contributed by atoms with Crippen molar-refractivity contribution in [2.75, 3.05) is 13.1 Å². The molecule has 0 atom stereocenters. The smallest absolute Gasteiger partial charge is 0.270 e. The predicted molar refractivity (Wildman–Crippen MR) is 108 cm³/mol. The molecule has 2 heterocycles. The van der Waals surface area contributed by atoms with Crippen LogP contribution in [0.2, 0.25) is 0 Å². The molecule has 2 aromatic heterocycles. The number of hydrogen-bond donors (Lipinski definition) is 0. The van der Waals surface area contributed by atoms with Crippen LogP contribution in [0.3, 0.4) is 0 Å². The number of nitrogens with zero attached hydrogens (tertiary/aromatic N) is 3. The third-order valence-corrected chi connectivity index (χ3v) is 5.76. The van der Waals surface area contributed by atoms with Crippen LogP contribution in [0.15, 0.2) is 30.3 Å². The van der Waals surface area contributed by atoms with E-state index in [9.17, 15) is 4.79 Å². The first-order valence-corrected chi connectivity index (χ1v) is 10.0. The molecule has 1 aliphatic rings. The molecule has 138 valence electrons. The van der Waals surface area contributed by atoms with Crippen molar-refractivity contribution >= 4 is 27.8 Å². The second kappa shape index (κ2) is 6.82. The van der Waals surface area contributed by atoms with Gasteiger partial charge in [-0.3, -0.25) is 4.79 Å². The van der Waals surface area contributed by atoms with Gasteiger partial charge in [-0.25, -0.2) is 0 Å². The summed E-state index contributed by atoms with van der Waals surface area (Å²) in [4.78, 5) is 15.1. The first-order valence-electron chi connectivity index (χ1n) is 10.0. The lowest BCUT2D eigenvalue weighted by molar-refractivity contribution is 0.0753. The zero-order chi connectivity index (χ0) is 18.3. The van der Waals surface area contributed by atoms with Crippen LogP contribution in [0.25, 0.3) is 21.9 Å². The highest BCUT2D eigenvalue weighted by Gasteiger charge is 2.26. The van der Waals surface area contributed by atoms with Crippen LogP contribution in [0, 0.1) is 5.92 Å². The summed E-state index contributed by atoms with van der Waals surface area (Å²) in [6.07, 6.45) is 4.82. The van der Waals surface area contributed by atoms with E-state index < -0.39 is 0 Å². The number of carbonyl (C=O) groups is 1. The van der Waals surface area contributed by atoms with Crippen LogP contribution in [-0.4, -0.2) is 33.0 Å². The van der Waals surface area contributed by atoms with Gasteiger partial charge < -0.3 is 14.0 Å². The van der Waals surface area contributed by atoms with E-state index in [1.165, 1.54) is 34.8 Å². The molecule has 4 rings (SSSR count). The molecule has 0 unspecified atom stereocenters. The second-order valence-electron chi connectivity index (χ2n) is 7.63. The van der Waals surface area contributed by atoms with Gasteiger partial charge in [0, 0.05) is 32.1 Å². The van der Waals surface area contributed by atoms with Crippen LogP contribution in [0.4, 0.5) is 0 Å². The van der Waals surface area contributed by atoms with Gasteiger partial charge in [-0.2, -0.15) is 0 Å². The highest BCUT2D eigenvalue weighted by Crippen LogP contribution is 2.37. The minimum Gasteiger partial charge on any atom is -0.339 e. The molecule has 0 spiro atoms. The molecule has 1 fully saturated rings. The van der Waals surface area contributed by atoms with Gasteiger partial charge in [-0.05, 0) is 44.2 Å². The summed E-state index contributed by atoms with van der Waals surface area (Å²) < 4.78 is 4.54. The van der Waals surface area contributed by atoms with Crippen molar-refractivity contribution in [3.63, 3.8) is 0 Å². The summed E-state index contributed by atoms with van der Waals surface area (Å²) in [6.45, 7) is 6.90. The summed E-state index contributed by atoms with van der Waals surface area (Å²) in [5.74, 6) is 0.951. The van der Waals surface area contributed by atoms with Crippen LogP contribution in [0.1, 0.15) is 50.0 Å². The Hall–Kier alpha value is -2.23. The molecule has 1 saturated carbocycles. The van der Waals surface area contributed by atoms with Crippen LogP contribution in [-0.2, 0) is 13.6 Å². The first kappa shape index (κ1) is 17.2. The summed E-state index contributed by atoms with van der Waals surface area (Å²) in [5, 5.41) is 1.25. The number of benzene rings is 1. The van der Waals surface area contributed by atoms with Gasteiger partial charge in [-0.15, -0.1) is 0 Å². The number of aryl methyl sites for hydroxylation is 1. The number of carbonyl (C=O) groups excluding carboxylic acids is 1. The van der Waals surface area contributed by atoms with E-state index in [-0.39, 0.29) is 5.91 Å². The van der Waals surface area contributed by atoms with Crippen molar-refractivity contribution in [2.24, 2.45) is 13.0 Å². The van der Waals surface area contributed by atoms with Crippen LogP contribution < -0.4 is 0 Å². The van der Waals surface area contributed by atoms with Crippen molar-refractivity contribution < 1.29 is 4.79 Å². The Kier molecular flexibility index (Phi) is 4.51. The van der Waals surface area contributed by atoms with Crippen molar-refractivity contribution in [2.45, 2.75) is 46.1 Å². The molecule has 4 heteroatoms. The third kappa shape index (κ3) is 2.81. The van der Waals surface area contributed by atoms with Crippen LogP contribution >= 0.6 is 0 Å². The van der Waals surface area contributed by atoms with Gasteiger partial charge in [0.05, 0.1) is 16.6 Å². The normalized spacial score (nSPS) is 14.4. The highest BCUT2D eigenvalue weighted by molar-refractivity contribution is 6.10. The Labute approximate surface area is 155 Å². The Morgan fingerprint density at radius 3 is 2.65 bits per heavy atom. The Balaban J connectivity index is 1.82. The maximum atomic E-state index is 13.1. The molecule has 0 aliphatic heterocycles. The summed E-state index contributed by atoms with van der Waals surface area (Å²) >= 11 is 0. The predicted octanol–water partition coefficient (Wildman–Crippen LogP) is 4.81. The first-order chi connectivity index (χ1) is 12.7. The quantitative estimate of drug-likeness (QED) is 0.601. The molecule has 0 radical (unpaired) electrons. The Morgan fingerprint density at radius 1 is 1.19 bits per heavy atom. The molecular formula is C22H29N3O. The minimum atomic E-state index is 0.154. The maximum Gasteiger partial charge on any atom is 0.270 e. The number of fused-ring (bicyclic) bond motifs is 3. The zero-order valence-corrected chi connectivity index (χ0v) is 16.2. The fraction of sp³-hybridized carbons (Fsp3) is 0.500. The number of para-hydroxylation sites is 1. The number of aromatic nitrogens is 2. The average molecular weight is 351 g/mol. The van der Waals surface area contributed by atoms with Gasteiger partial charge in [0.25, 0.3) is 5.91 Å². The molecule has 3 aromatic rings. The molecule has 0 bridgehead atoms. The average Bonchev–Trinajstić information content (AvgIpc) is 3.34. The maximum absolute atomic E-state index is 13.1. The van der Waals surface area contributed by atoms with E-state index >= 15 is 0 Å². The molecule has 0 N–H and O–H groups in total. The summed E-state index contributed by atoms with van der Waals surface area (Å²) in [7, 11) is 2.04. The minimum absolute atomic E-state index is 0.154. The fourth-order valence-corrected chi connectivity index (χ4v) is 4.03. The van der Waals surface area contributed by atoms with Gasteiger partial charge in [0.2, 0.25) is 0 Å². The van der Waals surface area contributed by atoms with Gasteiger partial charge >= 0.3 is 0 Å². The van der Waals surface area contributed by atoms with E-state index in [2.05, 4.69) is 53.3 Å². The van der Waals surface area contributed by atoms with E-state index in [1.54, 1.807) is 0 Å². The molecule has 0 saturated heterocycles. The van der Waals surface area contributed by atoms with Gasteiger partial charge in [-0.1, -0.05) is 31.5 Å². The van der Waals surface area contributed by atoms with Crippen molar-refractivity contribution in [1.29, 1.82) is 0 Å². The molecular weight excluding hydrogens is 322 g/mol. The lowest BCUT2D eigenvalue weighted by Gasteiger charge is -2.21. The second-order valence-corrected chi connectivity index (χ2v) is 7.63. The SMILES string of the molecule is CCCCN(CC)C(=O)c1cc2c(c3ccccc3n2CC2CC2)n1C. The van der Waals surface area contributed by atoms with E-state index in [0.717, 1.165) is 44.1 Å². The molecule has 26 heavy (non-hydrogen) atoms. The van der Waals surface area contributed by atoms with E-state index in [1.807, 2.05) is 11.9 Å². The molecule has 1 amide bonds. The highest BCUT2D eigenvalue weighted by atomic mass is 16.2. The lowest BCUT2D eigenvalue weighted by Crippen LogP contribution is -2.32. The number of hydrogen-bond acceptors (Lipinski definition) is 1. The summed E-state index contributed by atoms with van der Waals surface area (Å²) in [5.41, 5.74) is 4.49.